The molecule has 0 bridgehead atoms. The minimum Gasteiger partial charge on any atom is -0.385 e. The maximum absolute atomic E-state index is 5.15. The molecule has 0 aromatic carbocycles. The highest BCUT2D eigenvalue weighted by molar-refractivity contribution is 4.80. The summed E-state index contributed by atoms with van der Waals surface area (Å²) >= 11 is 0. The molecule has 1 aliphatic carbocycles. The summed E-state index contributed by atoms with van der Waals surface area (Å²) in [5.41, 5.74) is 0. The Balaban J connectivity index is 2.31. The summed E-state index contributed by atoms with van der Waals surface area (Å²) < 4.78 is 5.15. The molecule has 0 spiro atoms. The van der Waals surface area contributed by atoms with Crippen LogP contribution in [0, 0.1) is 17.8 Å². The van der Waals surface area contributed by atoms with Crippen LogP contribution >= 0.6 is 0 Å². The van der Waals surface area contributed by atoms with Gasteiger partial charge in [-0.15, -0.1) is 0 Å². The van der Waals surface area contributed by atoms with Gasteiger partial charge in [-0.05, 0) is 43.6 Å². The Morgan fingerprint density at radius 2 is 1.94 bits per heavy atom. The first kappa shape index (κ1) is 16.0. The van der Waals surface area contributed by atoms with Gasteiger partial charge in [-0.1, -0.05) is 40.0 Å². The van der Waals surface area contributed by atoms with Crippen LogP contribution in [0.15, 0.2) is 0 Å². The van der Waals surface area contributed by atoms with E-state index in [1.807, 2.05) is 0 Å². The van der Waals surface area contributed by atoms with Crippen molar-refractivity contribution < 1.29 is 4.74 Å². The molecule has 0 radical (unpaired) electrons. The number of hydrogen-bond acceptors (Lipinski definition) is 2. The first-order valence-electron chi connectivity index (χ1n) is 7.85. The van der Waals surface area contributed by atoms with Gasteiger partial charge in [0.15, 0.2) is 0 Å². The lowest BCUT2D eigenvalue weighted by molar-refractivity contribution is 0.156. The van der Waals surface area contributed by atoms with Crippen molar-refractivity contribution in [1.82, 2.24) is 5.32 Å². The summed E-state index contributed by atoms with van der Waals surface area (Å²) in [5, 5.41) is 3.64. The van der Waals surface area contributed by atoms with Gasteiger partial charge in [-0.25, -0.2) is 0 Å². The standard InChI is InChI=1S/C16H33NO/c1-13(2)17-12-16-9-8-14(3)11-15(16)7-5-6-10-18-4/h13-17H,5-12H2,1-4H3. The van der Waals surface area contributed by atoms with Gasteiger partial charge in [0, 0.05) is 19.8 Å². The van der Waals surface area contributed by atoms with Crippen LogP contribution in [0.25, 0.3) is 0 Å². The quantitative estimate of drug-likeness (QED) is 0.665. The van der Waals surface area contributed by atoms with Gasteiger partial charge in [-0.2, -0.15) is 0 Å². The Morgan fingerprint density at radius 1 is 1.17 bits per heavy atom. The van der Waals surface area contributed by atoms with Gasteiger partial charge in [0.25, 0.3) is 0 Å². The Hall–Kier alpha value is -0.0800. The van der Waals surface area contributed by atoms with E-state index in [-0.39, 0.29) is 0 Å². The van der Waals surface area contributed by atoms with Crippen LogP contribution in [0.4, 0.5) is 0 Å². The Morgan fingerprint density at radius 3 is 2.61 bits per heavy atom. The van der Waals surface area contributed by atoms with Crippen molar-refractivity contribution in [3.05, 3.63) is 0 Å². The molecule has 1 N–H and O–H groups in total. The van der Waals surface area contributed by atoms with Crippen molar-refractivity contribution in [1.29, 1.82) is 0 Å². The Bertz CT molecular complexity index is 205. The number of methoxy groups -OCH3 is 1. The molecular formula is C16H33NO. The molecule has 2 nitrogen and oxygen atoms in total. The molecule has 0 aliphatic heterocycles. The molecule has 2 heteroatoms. The van der Waals surface area contributed by atoms with Crippen molar-refractivity contribution in [2.24, 2.45) is 17.8 Å². The zero-order valence-corrected chi connectivity index (χ0v) is 12.9. The minimum atomic E-state index is 0.624. The largest absolute Gasteiger partial charge is 0.385 e. The first-order valence-corrected chi connectivity index (χ1v) is 7.85. The van der Waals surface area contributed by atoms with Gasteiger partial charge in [0.2, 0.25) is 0 Å². The summed E-state index contributed by atoms with van der Waals surface area (Å²) in [4.78, 5) is 0. The molecular weight excluding hydrogens is 222 g/mol. The molecule has 0 amide bonds. The van der Waals surface area contributed by atoms with Crippen molar-refractivity contribution in [2.75, 3.05) is 20.3 Å². The van der Waals surface area contributed by atoms with Crippen molar-refractivity contribution in [3.63, 3.8) is 0 Å². The molecule has 1 aliphatic rings. The summed E-state index contributed by atoms with van der Waals surface area (Å²) in [5.74, 6) is 2.79. The van der Waals surface area contributed by atoms with E-state index in [1.54, 1.807) is 7.11 Å². The van der Waals surface area contributed by atoms with Crippen LogP contribution in [0.2, 0.25) is 0 Å². The predicted octanol–water partition coefficient (Wildman–Crippen LogP) is 3.85. The van der Waals surface area contributed by atoms with Crippen LogP contribution < -0.4 is 5.32 Å². The van der Waals surface area contributed by atoms with E-state index in [0.29, 0.717) is 6.04 Å². The lowest BCUT2D eigenvalue weighted by Crippen LogP contribution is -2.35. The topological polar surface area (TPSA) is 21.3 Å². The molecule has 3 unspecified atom stereocenters. The maximum Gasteiger partial charge on any atom is 0.0462 e. The SMILES string of the molecule is COCCCCC1CC(C)CCC1CNC(C)C. The molecule has 1 rings (SSSR count). The lowest BCUT2D eigenvalue weighted by atomic mass is 9.72. The fourth-order valence-corrected chi connectivity index (χ4v) is 3.22. The van der Waals surface area contributed by atoms with Gasteiger partial charge in [0.1, 0.15) is 0 Å². The van der Waals surface area contributed by atoms with Gasteiger partial charge < -0.3 is 10.1 Å². The van der Waals surface area contributed by atoms with E-state index in [0.717, 1.165) is 24.4 Å². The van der Waals surface area contributed by atoms with E-state index in [1.165, 1.54) is 45.1 Å². The van der Waals surface area contributed by atoms with E-state index in [2.05, 4.69) is 26.1 Å². The van der Waals surface area contributed by atoms with Gasteiger partial charge in [0.05, 0.1) is 0 Å². The third kappa shape index (κ3) is 6.19. The average Bonchev–Trinajstić information content (AvgIpc) is 2.33. The van der Waals surface area contributed by atoms with Crippen LogP contribution in [0.1, 0.15) is 59.3 Å². The second kappa shape index (κ2) is 8.92. The van der Waals surface area contributed by atoms with Crippen molar-refractivity contribution in [3.8, 4) is 0 Å². The second-order valence-electron chi connectivity index (χ2n) is 6.49. The normalized spacial score (nSPS) is 28.8. The third-order valence-electron chi connectivity index (χ3n) is 4.36. The number of unbranched alkanes of at least 4 members (excludes halogenated alkanes) is 1. The van der Waals surface area contributed by atoms with E-state index in [4.69, 9.17) is 4.74 Å². The Kier molecular flexibility index (Phi) is 7.92. The molecule has 0 aromatic rings. The molecule has 0 aromatic heterocycles. The zero-order valence-electron chi connectivity index (χ0n) is 12.9. The number of ether oxygens (including phenoxy) is 1. The molecule has 3 atom stereocenters. The molecule has 1 saturated carbocycles. The highest BCUT2D eigenvalue weighted by Crippen LogP contribution is 2.36. The zero-order chi connectivity index (χ0) is 13.4. The smallest absolute Gasteiger partial charge is 0.0462 e. The molecule has 18 heavy (non-hydrogen) atoms. The van der Waals surface area contributed by atoms with Gasteiger partial charge in [-0.3, -0.25) is 0 Å². The number of nitrogens with one attached hydrogen (secondary N) is 1. The average molecular weight is 255 g/mol. The molecule has 0 saturated heterocycles. The summed E-state index contributed by atoms with van der Waals surface area (Å²) in [6.45, 7) is 9.07. The third-order valence-corrected chi connectivity index (χ3v) is 4.36. The highest BCUT2D eigenvalue weighted by Gasteiger charge is 2.27. The van der Waals surface area contributed by atoms with Gasteiger partial charge >= 0.3 is 0 Å². The van der Waals surface area contributed by atoms with Crippen LogP contribution in [-0.2, 0) is 4.74 Å². The molecule has 1 fully saturated rings. The molecule has 0 heterocycles. The van der Waals surface area contributed by atoms with E-state index >= 15 is 0 Å². The van der Waals surface area contributed by atoms with Crippen LogP contribution in [0.3, 0.4) is 0 Å². The van der Waals surface area contributed by atoms with E-state index in [9.17, 15) is 0 Å². The highest BCUT2D eigenvalue weighted by atomic mass is 16.5. The second-order valence-corrected chi connectivity index (χ2v) is 6.49. The maximum atomic E-state index is 5.15. The summed E-state index contributed by atoms with van der Waals surface area (Å²) in [7, 11) is 1.80. The molecule has 108 valence electrons. The monoisotopic (exact) mass is 255 g/mol. The lowest BCUT2D eigenvalue weighted by Gasteiger charge is -2.35. The van der Waals surface area contributed by atoms with Crippen LogP contribution in [0.5, 0.6) is 0 Å². The summed E-state index contributed by atoms with van der Waals surface area (Å²) in [6, 6.07) is 0.624. The van der Waals surface area contributed by atoms with Crippen molar-refractivity contribution >= 4 is 0 Å². The Labute approximate surface area is 114 Å². The fraction of sp³-hybridized carbons (Fsp3) is 1.00. The predicted molar refractivity (Wildman–Crippen MR) is 78.9 cm³/mol. The van der Waals surface area contributed by atoms with Crippen molar-refractivity contribution in [2.45, 2.75) is 65.3 Å². The minimum absolute atomic E-state index is 0.624. The van der Waals surface area contributed by atoms with Crippen LogP contribution in [-0.4, -0.2) is 26.3 Å². The number of hydrogen-bond donors (Lipinski definition) is 1. The van der Waals surface area contributed by atoms with E-state index < -0.39 is 0 Å². The fourth-order valence-electron chi connectivity index (χ4n) is 3.22. The summed E-state index contributed by atoms with van der Waals surface area (Å²) in [6.07, 6.45) is 8.26. The number of rotatable bonds is 8. The first-order chi connectivity index (χ1) is 8.63.